The largest absolute Gasteiger partial charge is 0.286 e. The van der Waals surface area contributed by atoms with Crippen molar-refractivity contribution in [3.05, 3.63) is 33.2 Å². The van der Waals surface area contributed by atoms with E-state index in [1.165, 1.54) is 22.7 Å². The smallest absolute Gasteiger partial charge is 0.270 e. The minimum atomic E-state index is -0.466. The quantitative estimate of drug-likeness (QED) is 0.560. The van der Waals surface area contributed by atoms with Gasteiger partial charge in [0.2, 0.25) is 4.73 Å². The molecule has 0 aliphatic carbocycles. The molecule has 13 heavy (non-hydrogen) atoms. The maximum atomic E-state index is 10.4. The lowest BCUT2D eigenvalue weighted by Gasteiger charge is -1.92. The van der Waals surface area contributed by atoms with Crippen LogP contribution in [0.25, 0.3) is 5.65 Å². The number of nitrogens with zero attached hydrogens (tertiary/aromatic N) is 4. The minimum absolute atomic E-state index is 0.00741. The minimum Gasteiger partial charge on any atom is -0.270 e. The van der Waals surface area contributed by atoms with Gasteiger partial charge < -0.3 is 0 Å². The molecule has 2 heterocycles. The van der Waals surface area contributed by atoms with Crippen molar-refractivity contribution >= 4 is 27.3 Å². The van der Waals surface area contributed by atoms with Crippen molar-refractivity contribution in [2.24, 2.45) is 0 Å². The van der Waals surface area contributed by atoms with Gasteiger partial charge in [-0.3, -0.25) is 14.5 Å². The van der Waals surface area contributed by atoms with Gasteiger partial charge in [0, 0.05) is 6.07 Å². The van der Waals surface area contributed by atoms with Crippen molar-refractivity contribution in [3.8, 4) is 0 Å². The highest BCUT2D eigenvalue weighted by Crippen LogP contribution is 2.15. The summed E-state index contributed by atoms with van der Waals surface area (Å²) in [4.78, 5) is 9.95. The number of fused-ring (bicyclic) bond motifs is 1. The fourth-order valence-corrected chi connectivity index (χ4v) is 1.32. The molecule has 0 saturated carbocycles. The molecule has 0 bridgehead atoms. The highest BCUT2D eigenvalue weighted by molar-refractivity contribution is 9.10. The van der Waals surface area contributed by atoms with E-state index < -0.39 is 4.92 Å². The number of hydrogen-bond acceptors (Lipinski definition) is 4. The van der Waals surface area contributed by atoms with Crippen molar-refractivity contribution in [2.75, 3.05) is 0 Å². The standard InChI is InChI=1S/C6H3BrN4O2/c7-6-9-8-5-2-1-4(11(12)13)3-10(5)6/h1-3H. The van der Waals surface area contributed by atoms with E-state index in [9.17, 15) is 10.1 Å². The molecule has 66 valence electrons. The molecule has 0 N–H and O–H groups in total. The first kappa shape index (κ1) is 8.11. The zero-order chi connectivity index (χ0) is 9.42. The summed E-state index contributed by atoms with van der Waals surface area (Å²) in [6.45, 7) is 0. The van der Waals surface area contributed by atoms with Crippen LogP contribution in [0, 0.1) is 10.1 Å². The van der Waals surface area contributed by atoms with Gasteiger partial charge in [-0.15, -0.1) is 10.2 Å². The van der Waals surface area contributed by atoms with Gasteiger partial charge in [-0.2, -0.15) is 0 Å². The van der Waals surface area contributed by atoms with E-state index in [1.807, 2.05) is 0 Å². The lowest BCUT2D eigenvalue weighted by Crippen LogP contribution is -1.91. The lowest BCUT2D eigenvalue weighted by atomic mass is 10.4. The molecule has 0 spiro atoms. The third-order valence-electron chi connectivity index (χ3n) is 1.56. The maximum Gasteiger partial charge on any atom is 0.286 e. The molecule has 2 aromatic heterocycles. The summed E-state index contributed by atoms with van der Waals surface area (Å²) in [5.74, 6) is 0. The second kappa shape index (κ2) is 2.77. The number of nitro groups is 1. The van der Waals surface area contributed by atoms with E-state index in [0.717, 1.165) is 0 Å². The molecule has 6 nitrogen and oxygen atoms in total. The summed E-state index contributed by atoms with van der Waals surface area (Å²) >= 11 is 3.12. The Morgan fingerprint density at radius 3 is 2.92 bits per heavy atom. The molecule has 0 unspecified atom stereocenters. The molecular formula is C6H3BrN4O2. The highest BCUT2D eigenvalue weighted by atomic mass is 79.9. The van der Waals surface area contributed by atoms with E-state index >= 15 is 0 Å². The first-order valence-corrected chi connectivity index (χ1v) is 4.12. The maximum absolute atomic E-state index is 10.4. The Kier molecular flexibility index (Phi) is 1.73. The first-order chi connectivity index (χ1) is 6.18. The van der Waals surface area contributed by atoms with Crippen LogP contribution in [0.1, 0.15) is 0 Å². The van der Waals surface area contributed by atoms with Gasteiger partial charge in [0.05, 0.1) is 11.1 Å². The van der Waals surface area contributed by atoms with Gasteiger partial charge in [0.1, 0.15) is 0 Å². The van der Waals surface area contributed by atoms with E-state index in [1.54, 1.807) is 0 Å². The molecule has 0 radical (unpaired) electrons. The van der Waals surface area contributed by atoms with E-state index in [2.05, 4.69) is 26.1 Å². The summed E-state index contributed by atoms with van der Waals surface area (Å²) < 4.78 is 1.95. The molecular weight excluding hydrogens is 240 g/mol. The van der Waals surface area contributed by atoms with Crippen LogP contribution in [-0.4, -0.2) is 19.5 Å². The van der Waals surface area contributed by atoms with Gasteiger partial charge >= 0.3 is 0 Å². The Morgan fingerprint density at radius 1 is 1.46 bits per heavy atom. The van der Waals surface area contributed by atoms with Crippen LogP contribution in [0.2, 0.25) is 0 Å². The van der Waals surface area contributed by atoms with Gasteiger partial charge in [-0.25, -0.2) is 0 Å². The average Bonchev–Trinajstić information content (AvgIpc) is 2.47. The van der Waals surface area contributed by atoms with Crippen molar-refractivity contribution in [1.29, 1.82) is 0 Å². The Balaban J connectivity index is 2.72. The zero-order valence-electron chi connectivity index (χ0n) is 6.22. The Bertz CT molecular complexity index is 480. The van der Waals surface area contributed by atoms with Gasteiger partial charge in [0.15, 0.2) is 5.65 Å². The highest BCUT2D eigenvalue weighted by Gasteiger charge is 2.08. The lowest BCUT2D eigenvalue weighted by molar-refractivity contribution is -0.385. The van der Waals surface area contributed by atoms with Crippen LogP contribution in [0.4, 0.5) is 5.69 Å². The molecule has 0 fully saturated rings. The van der Waals surface area contributed by atoms with E-state index in [-0.39, 0.29) is 5.69 Å². The van der Waals surface area contributed by atoms with Gasteiger partial charge in [-0.05, 0) is 22.0 Å². The van der Waals surface area contributed by atoms with Crippen molar-refractivity contribution < 1.29 is 4.92 Å². The average molecular weight is 243 g/mol. The molecule has 2 rings (SSSR count). The number of hydrogen-bond donors (Lipinski definition) is 0. The molecule has 0 amide bonds. The van der Waals surface area contributed by atoms with Crippen LogP contribution in [0.3, 0.4) is 0 Å². The zero-order valence-corrected chi connectivity index (χ0v) is 7.80. The third kappa shape index (κ3) is 1.26. The van der Waals surface area contributed by atoms with Crippen LogP contribution >= 0.6 is 15.9 Å². The van der Waals surface area contributed by atoms with Crippen molar-refractivity contribution in [2.45, 2.75) is 0 Å². The SMILES string of the molecule is O=[N+]([O-])c1ccc2nnc(Br)n2c1. The summed E-state index contributed by atoms with van der Waals surface area (Å²) in [5.41, 5.74) is 0.575. The van der Waals surface area contributed by atoms with Crippen LogP contribution in [-0.2, 0) is 0 Å². The molecule has 2 aromatic rings. The Hall–Kier alpha value is -1.50. The van der Waals surface area contributed by atoms with E-state index in [4.69, 9.17) is 0 Å². The number of pyridine rings is 1. The Labute approximate surface area is 80.5 Å². The molecule has 0 aliphatic heterocycles. The van der Waals surface area contributed by atoms with Crippen molar-refractivity contribution in [1.82, 2.24) is 14.6 Å². The summed E-state index contributed by atoms with van der Waals surface area (Å²) in [6, 6.07) is 2.92. The number of aromatic nitrogens is 3. The van der Waals surface area contributed by atoms with Gasteiger partial charge in [-0.1, -0.05) is 0 Å². The van der Waals surface area contributed by atoms with Crippen LogP contribution in [0.5, 0.6) is 0 Å². The third-order valence-corrected chi connectivity index (χ3v) is 2.10. The van der Waals surface area contributed by atoms with E-state index in [0.29, 0.717) is 10.4 Å². The van der Waals surface area contributed by atoms with Crippen LogP contribution in [0.15, 0.2) is 23.1 Å². The molecule has 7 heteroatoms. The Morgan fingerprint density at radius 2 is 2.23 bits per heavy atom. The van der Waals surface area contributed by atoms with Crippen LogP contribution < -0.4 is 0 Å². The molecule has 0 aliphatic rings. The topological polar surface area (TPSA) is 73.3 Å². The fraction of sp³-hybridized carbons (Fsp3) is 0. The molecule has 0 aromatic carbocycles. The predicted molar refractivity (Wildman–Crippen MR) is 47.3 cm³/mol. The number of halogens is 1. The normalized spacial score (nSPS) is 10.5. The first-order valence-electron chi connectivity index (χ1n) is 3.33. The summed E-state index contributed by atoms with van der Waals surface area (Å²) in [6.07, 6.45) is 1.36. The molecule has 0 saturated heterocycles. The summed E-state index contributed by atoms with van der Waals surface area (Å²) in [7, 11) is 0. The predicted octanol–water partition coefficient (Wildman–Crippen LogP) is 1.40. The second-order valence-electron chi connectivity index (χ2n) is 2.34. The van der Waals surface area contributed by atoms with Crippen molar-refractivity contribution in [3.63, 3.8) is 0 Å². The molecule has 0 atom stereocenters. The summed E-state index contributed by atoms with van der Waals surface area (Å²) in [5, 5.41) is 17.9. The monoisotopic (exact) mass is 242 g/mol. The second-order valence-corrected chi connectivity index (χ2v) is 3.05. The van der Waals surface area contributed by atoms with Gasteiger partial charge in [0.25, 0.3) is 5.69 Å². The fourth-order valence-electron chi connectivity index (χ4n) is 0.960. The number of rotatable bonds is 1.